The molecule has 0 rings (SSSR count). The first-order chi connectivity index (χ1) is 6.30. The minimum Gasteiger partial charge on any atom is -0.218 e. The van der Waals surface area contributed by atoms with Crippen LogP contribution in [-0.4, -0.2) is 13.7 Å². The molecule has 0 aliphatic carbocycles. The van der Waals surface area contributed by atoms with Crippen molar-refractivity contribution in [1.29, 1.82) is 0 Å². The first-order valence-electron chi connectivity index (χ1n) is 5.68. The van der Waals surface area contributed by atoms with Crippen LogP contribution in [0.1, 0.15) is 47.0 Å². The molecule has 0 N–H and O–H groups in total. The van der Waals surface area contributed by atoms with E-state index in [2.05, 4.69) is 13.8 Å². The van der Waals surface area contributed by atoms with E-state index in [1.54, 1.807) is 6.92 Å². The van der Waals surface area contributed by atoms with Crippen LogP contribution in [0.3, 0.4) is 0 Å². The Balaban J connectivity index is 4.10. The molecule has 0 amide bonds. The second-order valence-electron chi connectivity index (χ2n) is 4.72. The fourth-order valence-corrected chi connectivity index (χ4v) is 1.74. The summed E-state index contributed by atoms with van der Waals surface area (Å²) in [6.45, 7) is 7.83. The molecular weight excluding hydrogens is 181 g/mol. The van der Waals surface area contributed by atoms with Gasteiger partial charge in [0.1, 0.15) is 0 Å². The Hall–Kier alpha value is -0.0751. The first-order valence-corrected chi connectivity index (χ1v) is 5.68. The van der Waals surface area contributed by atoms with Crippen LogP contribution in [0.25, 0.3) is 0 Å². The normalized spacial score (nSPS) is 19.0. The summed E-state index contributed by atoms with van der Waals surface area (Å²) in [5.41, 5.74) is 0. The molecule has 3 atom stereocenters. The SMILES string of the molecule is BC(F)(F)C(C)C(C)C(C)CCCC. The van der Waals surface area contributed by atoms with E-state index in [0.717, 1.165) is 27.1 Å². The zero-order chi connectivity index (χ0) is 11.4. The molecule has 0 radical (unpaired) electrons. The van der Waals surface area contributed by atoms with Gasteiger partial charge in [0.25, 0.3) is 0 Å². The van der Waals surface area contributed by atoms with Crippen molar-refractivity contribution in [2.75, 3.05) is 0 Å². The monoisotopic (exact) mass is 204 g/mol. The Kier molecular flexibility index (Phi) is 5.69. The molecule has 0 spiro atoms. The third kappa shape index (κ3) is 4.43. The van der Waals surface area contributed by atoms with Gasteiger partial charge in [0.05, 0.1) is 0 Å². The maximum atomic E-state index is 13.0. The predicted molar refractivity (Wildman–Crippen MR) is 60.5 cm³/mol. The van der Waals surface area contributed by atoms with Gasteiger partial charge in [-0.2, -0.15) is 0 Å². The summed E-state index contributed by atoms with van der Waals surface area (Å²) in [5.74, 6) is -2.56. The number of hydrogen-bond donors (Lipinski definition) is 0. The Labute approximate surface area is 87.9 Å². The van der Waals surface area contributed by atoms with Crippen LogP contribution < -0.4 is 0 Å². The van der Waals surface area contributed by atoms with Gasteiger partial charge >= 0.3 is 0 Å². The van der Waals surface area contributed by atoms with Crippen molar-refractivity contribution in [2.24, 2.45) is 17.8 Å². The molecule has 0 aliphatic rings. The highest BCUT2D eigenvalue weighted by Crippen LogP contribution is 2.33. The van der Waals surface area contributed by atoms with E-state index in [0.29, 0.717) is 5.92 Å². The lowest BCUT2D eigenvalue weighted by Crippen LogP contribution is -2.33. The Morgan fingerprint density at radius 1 is 1.21 bits per heavy atom. The molecule has 0 aromatic rings. The highest BCUT2D eigenvalue weighted by molar-refractivity contribution is 6.13. The number of rotatable bonds is 6. The summed E-state index contributed by atoms with van der Waals surface area (Å²) in [4.78, 5) is 0. The molecule has 0 bridgehead atoms. The Morgan fingerprint density at radius 2 is 1.71 bits per heavy atom. The van der Waals surface area contributed by atoms with Crippen molar-refractivity contribution in [1.82, 2.24) is 0 Å². The smallest absolute Gasteiger partial charge is 0.209 e. The molecule has 0 aliphatic heterocycles. The van der Waals surface area contributed by atoms with Crippen LogP contribution >= 0.6 is 0 Å². The zero-order valence-corrected chi connectivity index (χ0v) is 10.1. The molecule has 84 valence electrons. The highest BCUT2D eigenvalue weighted by Gasteiger charge is 2.35. The van der Waals surface area contributed by atoms with Crippen LogP contribution in [0, 0.1) is 17.8 Å². The van der Waals surface area contributed by atoms with Crippen molar-refractivity contribution < 1.29 is 8.78 Å². The lowest BCUT2D eigenvalue weighted by atomic mass is 9.73. The molecule has 0 fully saturated rings. The number of halogens is 2. The van der Waals surface area contributed by atoms with E-state index in [4.69, 9.17) is 0 Å². The summed E-state index contributed by atoms with van der Waals surface area (Å²) >= 11 is 0. The second kappa shape index (κ2) is 5.72. The van der Waals surface area contributed by atoms with Crippen LogP contribution in [-0.2, 0) is 0 Å². The summed E-state index contributed by atoms with van der Waals surface area (Å²) in [6.07, 6.45) is 3.36. The lowest BCUT2D eigenvalue weighted by Gasteiger charge is -2.30. The van der Waals surface area contributed by atoms with Crippen LogP contribution in [0.2, 0.25) is 0 Å². The van der Waals surface area contributed by atoms with E-state index < -0.39 is 11.7 Å². The molecule has 0 saturated heterocycles. The summed E-state index contributed by atoms with van der Waals surface area (Å²) < 4.78 is 26.1. The summed E-state index contributed by atoms with van der Waals surface area (Å²) in [6, 6.07) is 0. The average Bonchev–Trinajstić information content (AvgIpc) is 2.10. The summed E-state index contributed by atoms with van der Waals surface area (Å²) in [5, 5.41) is 0. The van der Waals surface area contributed by atoms with Gasteiger partial charge in [-0.15, -0.1) is 0 Å². The zero-order valence-electron chi connectivity index (χ0n) is 10.1. The van der Waals surface area contributed by atoms with E-state index in [1.165, 1.54) is 0 Å². The molecule has 0 aromatic carbocycles. The van der Waals surface area contributed by atoms with E-state index >= 15 is 0 Å². The maximum absolute atomic E-state index is 13.0. The van der Waals surface area contributed by atoms with E-state index in [9.17, 15) is 8.78 Å². The van der Waals surface area contributed by atoms with Gasteiger partial charge in [-0.05, 0) is 11.8 Å². The molecule has 0 saturated carbocycles. The van der Waals surface area contributed by atoms with Crippen LogP contribution in [0.4, 0.5) is 8.78 Å². The van der Waals surface area contributed by atoms with Crippen molar-refractivity contribution in [3.8, 4) is 0 Å². The van der Waals surface area contributed by atoms with Gasteiger partial charge in [0, 0.05) is 5.92 Å². The van der Waals surface area contributed by atoms with Gasteiger partial charge < -0.3 is 0 Å². The topological polar surface area (TPSA) is 0 Å². The third-order valence-corrected chi connectivity index (χ3v) is 3.50. The molecular formula is C11H23BF2. The molecule has 0 aromatic heterocycles. The number of unbranched alkanes of at least 4 members (excludes halogenated alkanes) is 1. The van der Waals surface area contributed by atoms with Crippen molar-refractivity contribution in [2.45, 2.75) is 52.8 Å². The molecule has 3 heteroatoms. The summed E-state index contributed by atoms with van der Waals surface area (Å²) in [7, 11) is 1.03. The minimum absolute atomic E-state index is 0.0987. The lowest BCUT2D eigenvalue weighted by molar-refractivity contribution is -0.00152. The molecule has 14 heavy (non-hydrogen) atoms. The van der Waals surface area contributed by atoms with Crippen LogP contribution in [0.5, 0.6) is 0 Å². The number of hydrogen-bond acceptors (Lipinski definition) is 0. The molecule has 0 nitrogen and oxygen atoms in total. The maximum Gasteiger partial charge on any atom is 0.209 e. The molecule has 3 unspecified atom stereocenters. The fourth-order valence-electron chi connectivity index (χ4n) is 1.74. The van der Waals surface area contributed by atoms with Crippen molar-refractivity contribution in [3.63, 3.8) is 0 Å². The second-order valence-corrected chi connectivity index (χ2v) is 4.72. The Morgan fingerprint density at radius 3 is 2.07 bits per heavy atom. The van der Waals surface area contributed by atoms with Gasteiger partial charge in [0.15, 0.2) is 7.85 Å². The van der Waals surface area contributed by atoms with Crippen LogP contribution in [0.15, 0.2) is 0 Å². The highest BCUT2D eigenvalue weighted by atomic mass is 19.3. The number of alkyl halides is 2. The van der Waals surface area contributed by atoms with Gasteiger partial charge in [0.2, 0.25) is 5.82 Å². The minimum atomic E-state index is -2.54. The van der Waals surface area contributed by atoms with E-state index in [1.807, 2.05) is 6.92 Å². The molecule has 0 heterocycles. The standard InChI is InChI=1S/C11H23BF2/c1-5-6-7-8(2)9(3)10(4)11(12,13)14/h8-10H,5-7,12H2,1-4H3. The third-order valence-electron chi connectivity index (χ3n) is 3.50. The van der Waals surface area contributed by atoms with Crippen molar-refractivity contribution >= 4 is 7.85 Å². The Bertz CT molecular complexity index is 154. The van der Waals surface area contributed by atoms with Gasteiger partial charge in [-0.1, -0.05) is 47.0 Å². The van der Waals surface area contributed by atoms with Crippen molar-refractivity contribution in [3.05, 3.63) is 0 Å². The fraction of sp³-hybridized carbons (Fsp3) is 1.00. The van der Waals surface area contributed by atoms with Gasteiger partial charge in [-0.3, -0.25) is 0 Å². The largest absolute Gasteiger partial charge is 0.218 e. The van der Waals surface area contributed by atoms with Gasteiger partial charge in [-0.25, -0.2) is 8.78 Å². The quantitative estimate of drug-likeness (QED) is 0.582. The van der Waals surface area contributed by atoms with E-state index in [-0.39, 0.29) is 5.92 Å². The average molecular weight is 204 g/mol. The first kappa shape index (κ1) is 13.9. The predicted octanol–water partition coefficient (Wildman–Crippen LogP) is 3.31.